The van der Waals surface area contributed by atoms with Gasteiger partial charge in [0, 0.05) is 24.5 Å². The van der Waals surface area contributed by atoms with Crippen LogP contribution in [0.5, 0.6) is 0 Å². The molecule has 18 heavy (non-hydrogen) atoms. The fourth-order valence-corrected chi connectivity index (χ4v) is 3.37. The molecule has 0 saturated heterocycles. The van der Waals surface area contributed by atoms with Crippen LogP contribution in [0.4, 0.5) is 0 Å². The first-order chi connectivity index (χ1) is 8.49. The van der Waals surface area contributed by atoms with Crippen LogP contribution in [0.15, 0.2) is 17.3 Å². The Kier molecular flexibility index (Phi) is 6.13. The Balaban J connectivity index is 2.67. The molecule has 1 atom stereocenters. The monoisotopic (exact) mass is 292 g/mol. The van der Waals surface area contributed by atoms with Gasteiger partial charge in [-0.05, 0) is 12.7 Å². The van der Waals surface area contributed by atoms with Crippen LogP contribution in [-0.4, -0.2) is 42.3 Å². The minimum Gasteiger partial charge on any atom is -0.329 e. The molecule has 0 aliphatic rings. The number of nitrogens with zero attached hydrogens (tertiary/aromatic N) is 2. The lowest BCUT2D eigenvalue weighted by molar-refractivity contribution is 0.570. The standard InChI is InChI=1S/C10H20N4O2S2/c1-3-17-8-9(2)13-18(15,16)10-6-12-14(7-10)5-4-11/h6-7,9,13H,3-5,8,11H2,1-2H3. The molecule has 0 amide bonds. The summed E-state index contributed by atoms with van der Waals surface area (Å²) in [6.45, 7) is 4.84. The van der Waals surface area contributed by atoms with E-state index >= 15 is 0 Å². The third kappa shape index (κ3) is 4.60. The van der Waals surface area contributed by atoms with E-state index in [1.165, 1.54) is 17.1 Å². The maximum absolute atomic E-state index is 12.0. The lowest BCUT2D eigenvalue weighted by Gasteiger charge is -2.12. The summed E-state index contributed by atoms with van der Waals surface area (Å²) in [6, 6.07) is -0.0993. The van der Waals surface area contributed by atoms with Crippen molar-refractivity contribution in [3.8, 4) is 0 Å². The van der Waals surface area contributed by atoms with E-state index in [-0.39, 0.29) is 10.9 Å². The van der Waals surface area contributed by atoms with Gasteiger partial charge in [-0.1, -0.05) is 6.92 Å². The number of aromatic nitrogens is 2. The molecule has 8 heteroatoms. The normalized spacial score (nSPS) is 13.7. The Morgan fingerprint density at radius 3 is 2.94 bits per heavy atom. The summed E-state index contributed by atoms with van der Waals surface area (Å²) in [7, 11) is -3.47. The summed E-state index contributed by atoms with van der Waals surface area (Å²) >= 11 is 1.70. The number of hydrogen-bond donors (Lipinski definition) is 2. The van der Waals surface area contributed by atoms with Crippen molar-refractivity contribution < 1.29 is 8.42 Å². The highest BCUT2D eigenvalue weighted by molar-refractivity contribution is 7.99. The molecule has 0 aliphatic carbocycles. The predicted octanol–water partition coefficient (Wildman–Crippen LogP) is 0.262. The number of thioether (sulfide) groups is 1. The zero-order valence-electron chi connectivity index (χ0n) is 10.7. The number of rotatable bonds is 8. The van der Waals surface area contributed by atoms with Crippen molar-refractivity contribution in [3.63, 3.8) is 0 Å². The van der Waals surface area contributed by atoms with Gasteiger partial charge in [0.1, 0.15) is 4.90 Å². The topological polar surface area (TPSA) is 90.0 Å². The van der Waals surface area contributed by atoms with E-state index in [4.69, 9.17) is 5.73 Å². The highest BCUT2D eigenvalue weighted by Crippen LogP contribution is 2.09. The van der Waals surface area contributed by atoms with Gasteiger partial charge in [0.05, 0.1) is 12.7 Å². The largest absolute Gasteiger partial charge is 0.329 e. The second-order valence-electron chi connectivity index (χ2n) is 3.91. The number of nitrogens with one attached hydrogen (secondary N) is 1. The molecule has 1 aromatic rings. The molecule has 0 aliphatic heterocycles. The molecule has 0 radical (unpaired) electrons. The molecule has 1 heterocycles. The number of sulfonamides is 1. The third-order valence-electron chi connectivity index (χ3n) is 2.21. The molecule has 0 spiro atoms. The van der Waals surface area contributed by atoms with E-state index in [2.05, 4.69) is 9.82 Å². The SMILES string of the molecule is CCSCC(C)NS(=O)(=O)c1cnn(CCN)c1. The lowest BCUT2D eigenvalue weighted by atomic mass is 10.4. The highest BCUT2D eigenvalue weighted by Gasteiger charge is 2.19. The summed E-state index contributed by atoms with van der Waals surface area (Å²) in [6.07, 6.45) is 2.84. The smallest absolute Gasteiger partial charge is 0.243 e. The quantitative estimate of drug-likeness (QED) is 0.717. The lowest BCUT2D eigenvalue weighted by Crippen LogP contribution is -2.34. The van der Waals surface area contributed by atoms with Crippen molar-refractivity contribution in [2.24, 2.45) is 5.73 Å². The second kappa shape index (κ2) is 7.13. The van der Waals surface area contributed by atoms with Crippen molar-refractivity contribution in [1.29, 1.82) is 0 Å². The Hall–Kier alpha value is -0.570. The molecule has 1 aromatic heterocycles. The molecule has 104 valence electrons. The first-order valence-electron chi connectivity index (χ1n) is 5.82. The molecule has 0 fully saturated rings. The van der Waals surface area contributed by atoms with Gasteiger partial charge in [0.2, 0.25) is 10.0 Å². The number of nitrogens with two attached hydrogens (primary N) is 1. The van der Waals surface area contributed by atoms with Gasteiger partial charge >= 0.3 is 0 Å². The molecule has 3 N–H and O–H groups in total. The first kappa shape index (κ1) is 15.5. The molecule has 1 rings (SSSR count). The van der Waals surface area contributed by atoms with Gasteiger partial charge in [0.25, 0.3) is 0 Å². The highest BCUT2D eigenvalue weighted by atomic mass is 32.2. The van der Waals surface area contributed by atoms with Crippen LogP contribution in [0.3, 0.4) is 0 Å². The van der Waals surface area contributed by atoms with Crippen molar-refractivity contribution >= 4 is 21.8 Å². The van der Waals surface area contributed by atoms with Crippen LogP contribution in [0.1, 0.15) is 13.8 Å². The maximum atomic E-state index is 12.0. The third-order valence-corrected chi connectivity index (χ3v) is 4.89. The van der Waals surface area contributed by atoms with E-state index < -0.39 is 10.0 Å². The molecule has 0 aromatic carbocycles. The van der Waals surface area contributed by atoms with Gasteiger partial charge in [-0.25, -0.2) is 13.1 Å². The molecular weight excluding hydrogens is 272 g/mol. The average molecular weight is 292 g/mol. The summed E-state index contributed by atoms with van der Waals surface area (Å²) < 4.78 is 28.2. The van der Waals surface area contributed by atoms with Gasteiger partial charge < -0.3 is 5.73 Å². The minimum atomic E-state index is -3.47. The molecule has 0 saturated carbocycles. The van der Waals surface area contributed by atoms with Crippen molar-refractivity contribution in [2.75, 3.05) is 18.1 Å². The zero-order valence-corrected chi connectivity index (χ0v) is 12.3. The zero-order chi connectivity index (χ0) is 13.6. The van der Waals surface area contributed by atoms with E-state index in [0.29, 0.717) is 13.1 Å². The van der Waals surface area contributed by atoms with Crippen molar-refractivity contribution in [3.05, 3.63) is 12.4 Å². The van der Waals surface area contributed by atoms with Crippen LogP contribution >= 0.6 is 11.8 Å². The summed E-state index contributed by atoms with van der Waals surface area (Å²) in [5.74, 6) is 1.73. The molecule has 6 nitrogen and oxygen atoms in total. The number of hydrogen-bond acceptors (Lipinski definition) is 5. The first-order valence-corrected chi connectivity index (χ1v) is 8.46. The Morgan fingerprint density at radius 2 is 2.33 bits per heavy atom. The Bertz CT molecular complexity index is 458. The Labute approximate surface area is 112 Å². The average Bonchev–Trinajstić information content (AvgIpc) is 2.75. The minimum absolute atomic E-state index is 0.0993. The van der Waals surface area contributed by atoms with Crippen LogP contribution in [0.25, 0.3) is 0 Å². The van der Waals surface area contributed by atoms with Crippen LogP contribution < -0.4 is 10.5 Å². The van der Waals surface area contributed by atoms with Crippen molar-refractivity contribution in [1.82, 2.24) is 14.5 Å². The fourth-order valence-electron chi connectivity index (χ4n) is 1.40. The van der Waals surface area contributed by atoms with E-state index in [1.54, 1.807) is 11.8 Å². The van der Waals surface area contributed by atoms with Crippen LogP contribution in [-0.2, 0) is 16.6 Å². The summed E-state index contributed by atoms with van der Waals surface area (Å²) in [4.78, 5) is 0.185. The molecule has 1 unspecified atom stereocenters. The van der Waals surface area contributed by atoms with Crippen molar-refractivity contribution in [2.45, 2.75) is 31.3 Å². The Morgan fingerprint density at radius 1 is 1.61 bits per heavy atom. The maximum Gasteiger partial charge on any atom is 0.243 e. The van der Waals surface area contributed by atoms with E-state index in [0.717, 1.165) is 11.5 Å². The van der Waals surface area contributed by atoms with Gasteiger partial charge in [-0.15, -0.1) is 0 Å². The van der Waals surface area contributed by atoms with Crippen LogP contribution in [0, 0.1) is 0 Å². The fraction of sp³-hybridized carbons (Fsp3) is 0.700. The second-order valence-corrected chi connectivity index (χ2v) is 6.94. The summed E-state index contributed by atoms with van der Waals surface area (Å²) in [5, 5.41) is 3.95. The summed E-state index contributed by atoms with van der Waals surface area (Å²) in [5.41, 5.74) is 5.39. The van der Waals surface area contributed by atoms with E-state index in [9.17, 15) is 8.42 Å². The van der Waals surface area contributed by atoms with E-state index in [1.807, 2.05) is 13.8 Å². The van der Waals surface area contributed by atoms with Gasteiger partial charge in [-0.2, -0.15) is 16.9 Å². The van der Waals surface area contributed by atoms with Gasteiger partial charge in [-0.3, -0.25) is 4.68 Å². The van der Waals surface area contributed by atoms with Gasteiger partial charge in [0.15, 0.2) is 0 Å². The molecular formula is C10H20N4O2S2. The van der Waals surface area contributed by atoms with Crippen LogP contribution in [0.2, 0.25) is 0 Å². The molecule has 0 bridgehead atoms. The predicted molar refractivity (Wildman–Crippen MR) is 74.1 cm³/mol.